The van der Waals surface area contributed by atoms with E-state index in [0.29, 0.717) is 0 Å². The predicted molar refractivity (Wildman–Crippen MR) is 57.7 cm³/mol. The first-order valence-electron chi connectivity index (χ1n) is 5.76. The predicted octanol–water partition coefficient (Wildman–Crippen LogP) is 1.89. The van der Waals surface area contributed by atoms with E-state index in [1.165, 1.54) is 32.1 Å². The molecular formula is C11H24N2. The fourth-order valence-corrected chi connectivity index (χ4v) is 2.10. The molecule has 0 aromatic rings. The van der Waals surface area contributed by atoms with Gasteiger partial charge in [-0.05, 0) is 44.7 Å². The minimum atomic E-state index is 0.775. The maximum atomic E-state index is 5.46. The second kappa shape index (κ2) is 6.39. The fourth-order valence-electron chi connectivity index (χ4n) is 2.10. The highest BCUT2D eigenvalue weighted by atomic mass is 14.9. The molecule has 0 aromatic heterocycles. The van der Waals surface area contributed by atoms with Crippen molar-refractivity contribution in [3.63, 3.8) is 0 Å². The SMILES string of the molecule is CC1CCCC(NCCCN)CC1. The average Bonchev–Trinajstić information content (AvgIpc) is 2.32. The van der Waals surface area contributed by atoms with Crippen LogP contribution in [0, 0.1) is 5.92 Å². The van der Waals surface area contributed by atoms with Crippen molar-refractivity contribution in [3.05, 3.63) is 0 Å². The molecule has 2 atom stereocenters. The highest BCUT2D eigenvalue weighted by Gasteiger charge is 2.14. The van der Waals surface area contributed by atoms with Gasteiger partial charge in [0.15, 0.2) is 0 Å². The van der Waals surface area contributed by atoms with Gasteiger partial charge in [-0.2, -0.15) is 0 Å². The Kier molecular flexibility index (Phi) is 5.40. The summed E-state index contributed by atoms with van der Waals surface area (Å²) in [7, 11) is 0. The van der Waals surface area contributed by atoms with E-state index < -0.39 is 0 Å². The van der Waals surface area contributed by atoms with Crippen molar-refractivity contribution < 1.29 is 0 Å². The van der Waals surface area contributed by atoms with Gasteiger partial charge in [0.2, 0.25) is 0 Å². The van der Waals surface area contributed by atoms with Crippen molar-refractivity contribution in [2.24, 2.45) is 11.7 Å². The molecule has 2 unspecified atom stereocenters. The molecule has 1 saturated carbocycles. The molecule has 2 heteroatoms. The zero-order chi connectivity index (χ0) is 9.52. The zero-order valence-electron chi connectivity index (χ0n) is 8.89. The van der Waals surface area contributed by atoms with Gasteiger partial charge in [0.1, 0.15) is 0 Å². The Morgan fingerprint density at radius 1 is 1.23 bits per heavy atom. The molecule has 1 aliphatic carbocycles. The lowest BCUT2D eigenvalue weighted by atomic mass is 10.0. The van der Waals surface area contributed by atoms with E-state index in [1.54, 1.807) is 0 Å². The van der Waals surface area contributed by atoms with Crippen LogP contribution in [0.2, 0.25) is 0 Å². The molecular weight excluding hydrogens is 160 g/mol. The molecule has 0 aliphatic heterocycles. The third-order valence-electron chi connectivity index (χ3n) is 3.07. The number of nitrogens with two attached hydrogens (primary N) is 1. The fraction of sp³-hybridized carbons (Fsp3) is 1.00. The Morgan fingerprint density at radius 2 is 2.08 bits per heavy atom. The second-order valence-corrected chi connectivity index (χ2v) is 4.41. The van der Waals surface area contributed by atoms with Crippen molar-refractivity contribution >= 4 is 0 Å². The van der Waals surface area contributed by atoms with Crippen LogP contribution in [-0.4, -0.2) is 19.1 Å². The lowest BCUT2D eigenvalue weighted by Gasteiger charge is -2.15. The van der Waals surface area contributed by atoms with Crippen LogP contribution in [0.4, 0.5) is 0 Å². The van der Waals surface area contributed by atoms with E-state index in [9.17, 15) is 0 Å². The van der Waals surface area contributed by atoms with Crippen LogP contribution in [0.25, 0.3) is 0 Å². The molecule has 13 heavy (non-hydrogen) atoms. The zero-order valence-corrected chi connectivity index (χ0v) is 8.89. The largest absolute Gasteiger partial charge is 0.330 e. The van der Waals surface area contributed by atoms with Crippen LogP contribution < -0.4 is 11.1 Å². The van der Waals surface area contributed by atoms with E-state index in [-0.39, 0.29) is 0 Å². The molecule has 0 radical (unpaired) electrons. The minimum absolute atomic E-state index is 0.775. The summed E-state index contributed by atoms with van der Waals surface area (Å²) in [6.07, 6.45) is 8.09. The third kappa shape index (κ3) is 4.63. The number of hydrogen-bond acceptors (Lipinski definition) is 2. The Balaban J connectivity index is 2.11. The van der Waals surface area contributed by atoms with Gasteiger partial charge < -0.3 is 11.1 Å². The van der Waals surface area contributed by atoms with Gasteiger partial charge >= 0.3 is 0 Å². The Labute approximate surface area is 82.3 Å². The first-order valence-corrected chi connectivity index (χ1v) is 5.76. The molecule has 1 rings (SSSR count). The van der Waals surface area contributed by atoms with Crippen molar-refractivity contribution in [3.8, 4) is 0 Å². The van der Waals surface area contributed by atoms with Crippen molar-refractivity contribution in [1.82, 2.24) is 5.32 Å². The summed E-state index contributed by atoms with van der Waals surface area (Å²) >= 11 is 0. The van der Waals surface area contributed by atoms with E-state index in [0.717, 1.165) is 31.5 Å². The molecule has 1 fully saturated rings. The highest BCUT2D eigenvalue weighted by molar-refractivity contribution is 4.73. The number of hydrogen-bond donors (Lipinski definition) is 2. The maximum Gasteiger partial charge on any atom is 0.00671 e. The number of nitrogens with one attached hydrogen (secondary N) is 1. The first kappa shape index (κ1) is 11.0. The van der Waals surface area contributed by atoms with E-state index in [2.05, 4.69) is 12.2 Å². The van der Waals surface area contributed by atoms with Gasteiger partial charge in [-0.1, -0.05) is 19.8 Å². The standard InChI is InChI=1S/C11H24N2/c1-10-4-2-5-11(7-6-10)13-9-3-8-12/h10-11,13H,2-9,12H2,1H3. The van der Waals surface area contributed by atoms with Crippen LogP contribution in [-0.2, 0) is 0 Å². The molecule has 0 aromatic carbocycles. The molecule has 0 heterocycles. The summed E-state index contributed by atoms with van der Waals surface area (Å²) in [5, 5.41) is 3.60. The lowest BCUT2D eigenvalue weighted by molar-refractivity contribution is 0.446. The van der Waals surface area contributed by atoms with Gasteiger partial charge in [0.05, 0.1) is 0 Å². The summed E-state index contributed by atoms with van der Waals surface area (Å²) in [5.74, 6) is 0.946. The van der Waals surface area contributed by atoms with E-state index in [4.69, 9.17) is 5.73 Å². The summed E-state index contributed by atoms with van der Waals surface area (Å²) in [4.78, 5) is 0. The second-order valence-electron chi connectivity index (χ2n) is 4.41. The van der Waals surface area contributed by atoms with E-state index >= 15 is 0 Å². The first-order chi connectivity index (χ1) is 6.33. The van der Waals surface area contributed by atoms with Crippen LogP contribution >= 0.6 is 0 Å². The molecule has 1 aliphatic rings. The molecule has 2 nitrogen and oxygen atoms in total. The van der Waals surface area contributed by atoms with Gasteiger partial charge in [-0.15, -0.1) is 0 Å². The maximum absolute atomic E-state index is 5.46. The van der Waals surface area contributed by atoms with Gasteiger partial charge in [0.25, 0.3) is 0 Å². The third-order valence-corrected chi connectivity index (χ3v) is 3.07. The van der Waals surface area contributed by atoms with Gasteiger partial charge in [-0.3, -0.25) is 0 Å². The Hall–Kier alpha value is -0.0800. The quantitative estimate of drug-likeness (QED) is 0.517. The van der Waals surface area contributed by atoms with Gasteiger partial charge in [-0.25, -0.2) is 0 Å². The van der Waals surface area contributed by atoms with Crippen LogP contribution in [0.3, 0.4) is 0 Å². The summed E-state index contributed by atoms with van der Waals surface area (Å²) in [6, 6.07) is 0.775. The summed E-state index contributed by atoms with van der Waals surface area (Å²) in [5.41, 5.74) is 5.46. The molecule has 0 spiro atoms. The van der Waals surface area contributed by atoms with E-state index in [1.807, 2.05) is 0 Å². The summed E-state index contributed by atoms with van der Waals surface area (Å²) < 4.78 is 0. The lowest BCUT2D eigenvalue weighted by Crippen LogP contribution is -2.30. The summed E-state index contributed by atoms with van der Waals surface area (Å²) in [6.45, 7) is 4.30. The molecule has 0 saturated heterocycles. The van der Waals surface area contributed by atoms with Crippen molar-refractivity contribution in [1.29, 1.82) is 0 Å². The molecule has 3 N–H and O–H groups in total. The van der Waals surface area contributed by atoms with Crippen molar-refractivity contribution in [2.45, 2.75) is 51.5 Å². The van der Waals surface area contributed by atoms with Crippen LogP contribution in [0.15, 0.2) is 0 Å². The normalized spacial score (nSPS) is 30.0. The molecule has 0 bridgehead atoms. The monoisotopic (exact) mass is 184 g/mol. The molecule has 0 amide bonds. The van der Waals surface area contributed by atoms with Crippen molar-refractivity contribution in [2.75, 3.05) is 13.1 Å². The topological polar surface area (TPSA) is 38.0 Å². The van der Waals surface area contributed by atoms with Crippen LogP contribution in [0.1, 0.15) is 45.4 Å². The Morgan fingerprint density at radius 3 is 2.85 bits per heavy atom. The molecule has 78 valence electrons. The highest BCUT2D eigenvalue weighted by Crippen LogP contribution is 2.22. The van der Waals surface area contributed by atoms with Gasteiger partial charge in [0, 0.05) is 6.04 Å². The number of rotatable bonds is 4. The Bertz CT molecular complexity index is 125. The minimum Gasteiger partial charge on any atom is -0.330 e. The smallest absolute Gasteiger partial charge is 0.00671 e. The average molecular weight is 184 g/mol. The van der Waals surface area contributed by atoms with Crippen LogP contribution in [0.5, 0.6) is 0 Å².